The molecule has 172 valence electrons. The second kappa shape index (κ2) is 11.1. The highest BCUT2D eigenvalue weighted by atomic mass is 32.2. The fraction of sp³-hybridized carbons (Fsp3) is 0.172. The Bertz CT molecular complexity index is 1300. The van der Waals surface area contributed by atoms with Crippen molar-refractivity contribution in [3.05, 3.63) is 107 Å². The van der Waals surface area contributed by atoms with E-state index in [2.05, 4.69) is 40.6 Å². The van der Waals surface area contributed by atoms with Crippen molar-refractivity contribution in [2.75, 3.05) is 12.9 Å². The summed E-state index contributed by atoms with van der Waals surface area (Å²) < 4.78 is 0. The molecule has 0 spiro atoms. The molecule has 5 heteroatoms. The van der Waals surface area contributed by atoms with Gasteiger partial charge in [-0.15, -0.1) is 11.8 Å². The minimum Gasteiger partial charge on any atom is -0.396 e. The molecule has 0 radical (unpaired) electrons. The van der Waals surface area contributed by atoms with Gasteiger partial charge in [0.05, 0.1) is 12.2 Å². The second-order valence-corrected chi connectivity index (χ2v) is 9.01. The topological polar surface area (TPSA) is 62.2 Å². The van der Waals surface area contributed by atoms with Crippen molar-refractivity contribution < 1.29 is 9.90 Å². The molecule has 0 saturated carbocycles. The molecule has 0 saturated heterocycles. The number of aliphatic hydroxyl groups excluding tert-OH is 1. The van der Waals surface area contributed by atoms with E-state index in [-0.39, 0.29) is 12.5 Å². The quantitative estimate of drug-likeness (QED) is 0.316. The summed E-state index contributed by atoms with van der Waals surface area (Å²) in [7, 11) is 0. The Morgan fingerprint density at radius 3 is 2.35 bits per heavy atom. The molecule has 0 aliphatic heterocycles. The van der Waals surface area contributed by atoms with Gasteiger partial charge in [-0.2, -0.15) is 0 Å². The maximum atomic E-state index is 12.7. The van der Waals surface area contributed by atoms with E-state index in [4.69, 9.17) is 0 Å². The first-order chi connectivity index (χ1) is 16.6. The Morgan fingerprint density at radius 2 is 1.62 bits per heavy atom. The van der Waals surface area contributed by atoms with Gasteiger partial charge in [0.2, 0.25) is 0 Å². The number of carbonyl (C=O) groups is 1. The summed E-state index contributed by atoms with van der Waals surface area (Å²) in [4.78, 5) is 18.2. The van der Waals surface area contributed by atoms with Crippen molar-refractivity contribution in [1.82, 2.24) is 10.3 Å². The number of hydrogen-bond donors (Lipinski definition) is 2. The van der Waals surface area contributed by atoms with Crippen LogP contribution in [0.5, 0.6) is 0 Å². The number of aryl methyl sites for hydroxylation is 1. The summed E-state index contributed by atoms with van der Waals surface area (Å²) in [6.07, 6.45) is 4.44. The van der Waals surface area contributed by atoms with Crippen LogP contribution >= 0.6 is 11.8 Å². The number of nitrogens with one attached hydrogen (secondary N) is 1. The van der Waals surface area contributed by atoms with Crippen molar-refractivity contribution in [1.29, 1.82) is 0 Å². The zero-order chi connectivity index (χ0) is 23.9. The smallest absolute Gasteiger partial charge is 0.251 e. The fourth-order valence-corrected chi connectivity index (χ4v) is 4.54. The van der Waals surface area contributed by atoms with Gasteiger partial charge in [0, 0.05) is 23.3 Å². The zero-order valence-corrected chi connectivity index (χ0v) is 20.2. The van der Waals surface area contributed by atoms with E-state index >= 15 is 0 Å². The molecule has 1 heterocycles. The van der Waals surface area contributed by atoms with Crippen LogP contribution in [0.1, 0.15) is 27.2 Å². The SMILES string of the molecule is CSc1cc(C(=O)NCc2cc(-c3cccc(-c4cccc(CCO)c4)c3)ccn2)ccc1C. The number of nitrogens with zero attached hydrogens (tertiary/aromatic N) is 1. The summed E-state index contributed by atoms with van der Waals surface area (Å²) in [6, 6.07) is 26.4. The number of aromatic nitrogens is 1. The first-order valence-corrected chi connectivity index (χ1v) is 12.5. The Morgan fingerprint density at radius 1 is 0.912 bits per heavy atom. The number of thioether (sulfide) groups is 1. The third-order valence-corrected chi connectivity index (χ3v) is 6.65. The number of carbonyl (C=O) groups excluding carboxylic acids is 1. The Labute approximate surface area is 205 Å². The third-order valence-electron chi connectivity index (χ3n) is 5.77. The van der Waals surface area contributed by atoms with Crippen molar-refractivity contribution in [2.24, 2.45) is 0 Å². The van der Waals surface area contributed by atoms with Crippen LogP contribution in [0.4, 0.5) is 0 Å². The Kier molecular flexibility index (Phi) is 7.78. The fourth-order valence-electron chi connectivity index (χ4n) is 3.90. The van der Waals surface area contributed by atoms with E-state index in [0.717, 1.165) is 38.4 Å². The van der Waals surface area contributed by atoms with Gasteiger partial charge in [-0.1, -0.05) is 48.5 Å². The molecule has 0 unspecified atom stereocenters. The zero-order valence-electron chi connectivity index (χ0n) is 19.4. The predicted molar refractivity (Wildman–Crippen MR) is 140 cm³/mol. The lowest BCUT2D eigenvalue weighted by molar-refractivity contribution is 0.0950. The van der Waals surface area contributed by atoms with Crippen molar-refractivity contribution in [2.45, 2.75) is 24.8 Å². The maximum Gasteiger partial charge on any atom is 0.251 e. The van der Waals surface area contributed by atoms with Gasteiger partial charge in [0.15, 0.2) is 0 Å². The third kappa shape index (κ3) is 5.74. The van der Waals surface area contributed by atoms with E-state index in [1.807, 2.05) is 61.7 Å². The maximum absolute atomic E-state index is 12.7. The molecule has 2 N–H and O–H groups in total. The molecular formula is C29H28N2O2S. The number of rotatable bonds is 8. The second-order valence-electron chi connectivity index (χ2n) is 8.16. The molecule has 3 aromatic carbocycles. The Hall–Kier alpha value is -3.41. The van der Waals surface area contributed by atoms with Crippen LogP contribution in [0.3, 0.4) is 0 Å². The summed E-state index contributed by atoms with van der Waals surface area (Å²) >= 11 is 1.64. The van der Waals surface area contributed by atoms with E-state index in [1.165, 1.54) is 5.56 Å². The molecule has 0 fully saturated rings. The first kappa shape index (κ1) is 23.7. The van der Waals surface area contributed by atoms with Crippen LogP contribution in [0, 0.1) is 6.92 Å². The van der Waals surface area contributed by atoms with Gasteiger partial charge >= 0.3 is 0 Å². The van der Waals surface area contributed by atoms with Gasteiger partial charge in [-0.25, -0.2) is 0 Å². The van der Waals surface area contributed by atoms with Crippen LogP contribution < -0.4 is 5.32 Å². The molecular weight excluding hydrogens is 440 g/mol. The molecule has 0 aliphatic carbocycles. The van der Waals surface area contributed by atoms with Gasteiger partial charge in [0.1, 0.15) is 0 Å². The lowest BCUT2D eigenvalue weighted by Crippen LogP contribution is -2.23. The normalized spacial score (nSPS) is 10.8. The number of pyridine rings is 1. The van der Waals surface area contributed by atoms with Crippen LogP contribution in [0.15, 0.2) is 90.0 Å². The van der Waals surface area contributed by atoms with Gasteiger partial charge < -0.3 is 10.4 Å². The van der Waals surface area contributed by atoms with E-state index in [9.17, 15) is 9.90 Å². The molecule has 1 amide bonds. The molecule has 0 aliphatic rings. The van der Waals surface area contributed by atoms with Crippen LogP contribution in [-0.4, -0.2) is 28.9 Å². The molecule has 0 bridgehead atoms. The summed E-state index contributed by atoms with van der Waals surface area (Å²) in [5.41, 5.74) is 8.12. The average molecular weight is 469 g/mol. The number of amides is 1. The number of benzene rings is 3. The molecule has 4 nitrogen and oxygen atoms in total. The van der Waals surface area contributed by atoms with Crippen LogP contribution in [-0.2, 0) is 13.0 Å². The first-order valence-electron chi connectivity index (χ1n) is 11.3. The van der Waals surface area contributed by atoms with Crippen molar-refractivity contribution in [3.63, 3.8) is 0 Å². The lowest BCUT2D eigenvalue weighted by atomic mass is 9.97. The van der Waals surface area contributed by atoms with Crippen LogP contribution in [0.25, 0.3) is 22.3 Å². The van der Waals surface area contributed by atoms with E-state index in [1.54, 1.807) is 18.0 Å². The summed E-state index contributed by atoms with van der Waals surface area (Å²) in [5.74, 6) is -0.104. The molecule has 34 heavy (non-hydrogen) atoms. The van der Waals surface area contributed by atoms with Crippen LogP contribution in [0.2, 0.25) is 0 Å². The molecule has 1 aromatic heterocycles. The highest BCUT2D eigenvalue weighted by molar-refractivity contribution is 7.98. The average Bonchev–Trinajstić information content (AvgIpc) is 2.88. The minimum absolute atomic E-state index is 0.104. The highest BCUT2D eigenvalue weighted by Gasteiger charge is 2.09. The highest BCUT2D eigenvalue weighted by Crippen LogP contribution is 2.27. The van der Waals surface area contributed by atoms with Crippen molar-refractivity contribution >= 4 is 17.7 Å². The monoisotopic (exact) mass is 468 g/mol. The number of aliphatic hydroxyl groups is 1. The molecule has 4 rings (SSSR count). The van der Waals surface area contributed by atoms with Gasteiger partial charge in [-0.3, -0.25) is 9.78 Å². The lowest BCUT2D eigenvalue weighted by Gasteiger charge is -2.10. The van der Waals surface area contributed by atoms with Gasteiger partial charge in [-0.05, 0) is 83.3 Å². The van der Waals surface area contributed by atoms with E-state index in [0.29, 0.717) is 18.5 Å². The Balaban J connectivity index is 1.50. The minimum atomic E-state index is -0.104. The summed E-state index contributed by atoms with van der Waals surface area (Å²) in [5, 5.41) is 12.2. The van der Waals surface area contributed by atoms with Crippen molar-refractivity contribution in [3.8, 4) is 22.3 Å². The molecule has 4 aromatic rings. The van der Waals surface area contributed by atoms with E-state index < -0.39 is 0 Å². The van der Waals surface area contributed by atoms with Gasteiger partial charge in [0.25, 0.3) is 5.91 Å². The summed E-state index contributed by atoms with van der Waals surface area (Å²) in [6.45, 7) is 2.55. The number of hydrogen-bond acceptors (Lipinski definition) is 4. The predicted octanol–water partition coefficient (Wildman–Crippen LogP) is 5.91. The molecule has 0 atom stereocenters. The largest absolute Gasteiger partial charge is 0.396 e. The standard InChI is InChI=1S/C29H28N2O2S/c1-20-9-10-26(18-28(20)34-2)29(33)31-19-27-17-25(11-13-30-27)24-8-4-7-23(16-24)22-6-3-5-21(15-22)12-14-32/h3-11,13,15-18,32H,12,14,19H2,1-2H3,(H,31,33).